The summed E-state index contributed by atoms with van der Waals surface area (Å²) in [5.41, 5.74) is 0.676. The smallest absolute Gasteiger partial charge is 0.338 e. The van der Waals surface area contributed by atoms with Crippen LogP contribution in [0.3, 0.4) is 0 Å². The average Bonchev–Trinajstić information content (AvgIpc) is 2.80. The van der Waals surface area contributed by atoms with Crippen molar-refractivity contribution in [3.8, 4) is 6.07 Å². The third-order valence-electron chi connectivity index (χ3n) is 4.63. The second-order valence-corrected chi connectivity index (χ2v) is 8.55. The summed E-state index contributed by atoms with van der Waals surface area (Å²) < 4.78 is 32.7. The normalized spacial score (nSPS) is 11.0. The van der Waals surface area contributed by atoms with Crippen molar-refractivity contribution in [3.63, 3.8) is 0 Å². The maximum atomic E-state index is 12.6. The van der Waals surface area contributed by atoms with E-state index in [1.807, 2.05) is 6.07 Å². The number of anilines is 3. The van der Waals surface area contributed by atoms with Crippen LogP contribution in [0.1, 0.15) is 5.56 Å². The summed E-state index contributed by atoms with van der Waals surface area (Å²) in [4.78, 5) is 22.4. The Kier molecular flexibility index (Phi) is 5.51. The molecule has 0 atom stereocenters. The maximum Gasteiger partial charge on any atom is 0.338 e. The summed E-state index contributed by atoms with van der Waals surface area (Å²) in [5.74, 6) is 0. The summed E-state index contributed by atoms with van der Waals surface area (Å²) >= 11 is 0. The van der Waals surface area contributed by atoms with Gasteiger partial charge in [0.1, 0.15) is 5.58 Å². The first-order valence-electron chi connectivity index (χ1n) is 9.37. The Bertz CT molecular complexity index is 1590. The number of nitrogens with zero attached hydrogens (tertiary/aromatic N) is 2. The molecule has 11 heteroatoms. The van der Waals surface area contributed by atoms with Crippen molar-refractivity contribution < 1.29 is 17.8 Å². The van der Waals surface area contributed by atoms with Gasteiger partial charge < -0.3 is 9.73 Å². The molecular formula is C22H14N4O6S. The van der Waals surface area contributed by atoms with Crippen molar-refractivity contribution in [2.24, 2.45) is 0 Å². The third-order valence-corrected chi connectivity index (χ3v) is 6.01. The highest BCUT2D eigenvalue weighted by molar-refractivity contribution is 7.92. The van der Waals surface area contributed by atoms with Crippen LogP contribution in [0.5, 0.6) is 0 Å². The second-order valence-electron chi connectivity index (χ2n) is 6.86. The van der Waals surface area contributed by atoms with E-state index in [2.05, 4.69) is 10.0 Å². The molecule has 0 fully saturated rings. The van der Waals surface area contributed by atoms with E-state index in [1.54, 1.807) is 12.1 Å². The molecule has 1 heterocycles. The van der Waals surface area contributed by atoms with Gasteiger partial charge in [-0.2, -0.15) is 5.26 Å². The molecule has 0 unspecified atom stereocenters. The Balaban J connectivity index is 1.60. The Morgan fingerprint density at radius 2 is 1.70 bits per heavy atom. The quantitative estimate of drug-likeness (QED) is 0.246. The predicted molar refractivity (Wildman–Crippen MR) is 121 cm³/mol. The zero-order valence-electron chi connectivity index (χ0n) is 16.7. The van der Waals surface area contributed by atoms with E-state index >= 15 is 0 Å². The first-order chi connectivity index (χ1) is 15.7. The average molecular weight is 462 g/mol. The van der Waals surface area contributed by atoms with Crippen molar-refractivity contribution in [2.75, 3.05) is 10.0 Å². The van der Waals surface area contributed by atoms with Gasteiger partial charge in [0.05, 0.1) is 27.1 Å². The molecule has 0 bridgehead atoms. The highest BCUT2D eigenvalue weighted by Crippen LogP contribution is 2.29. The molecule has 4 aromatic rings. The SMILES string of the molecule is N#Cc1cccc(S(=O)(=O)Nc2ccc(Nc3cc(=O)oc4ccc([N+](=O)[O-])cc34)cc2)c1. The lowest BCUT2D eigenvalue weighted by Gasteiger charge is -2.11. The molecule has 2 N–H and O–H groups in total. The molecule has 33 heavy (non-hydrogen) atoms. The van der Waals surface area contributed by atoms with E-state index in [-0.39, 0.29) is 27.4 Å². The summed E-state index contributed by atoms with van der Waals surface area (Å²) in [6, 6.07) is 18.7. The van der Waals surface area contributed by atoms with Gasteiger partial charge in [0, 0.05) is 35.0 Å². The lowest BCUT2D eigenvalue weighted by molar-refractivity contribution is -0.384. The largest absolute Gasteiger partial charge is 0.423 e. The van der Waals surface area contributed by atoms with Gasteiger partial charge in [-0.25, -0.2) is 13.2 Å². The van der Waals surface area contributed by atoms with E-state index < -0.39 is 20.6 Å². The van der Waals surface area contributed by atoms with Crippen molar-refractivity contribution in [3.05, 3.63) is 98.9 Å². The molecule has 0 radical (unpaired) electrons. The van der Waals surface area contributed by atoms with Crippen LogP contribution in [0.2, 0.25) is 0 Å². The highest BCUT2D eigenvalue weighted by Gasteiger charge is 2.15. The van der Waals surface area contributed by atoms with E-state index in [1.165, 1.54) is 60.7 Å². The number of hydrogen-bond donors (Lipinski definition) is 2. The molecule has 0 aliphatic carbocycles. The number of nitriles is 1. The predicted octanol–water partition coefficient (Wildman–Crippen LogP) is 4.12. The fraction of sp³-hybridized carbons (Fsp3) is 0. The molecule has 10 nitrogen and oxygen atoms in total. The number of nitro groups is 1. The topological polar surface area (TPSA) is 155 Å². The second kappa shape index (κ2) is 8.45. The molecule has 0 amide bonds. The van der Waals surface area contributed by atoms with Crippen LogP contribution in [0.25, 0.3) is 11.0 Å². The number of nitrogens with one attached hydrogen (secondary N) is 2. The van der Waals surface area contributed by atoms with Gasteiger partial charge in [-0.15, -0.1) is 0 Å². The minimum absolute atomic E-state index is 0.0483. The number of rotatable bonds is 6. The molecule has 0 aliphatic heterocycles. The number of benzene rings is 3. The Morgan fingerprint density at radius 1 is 0.970 bits per heavy atom. The fourth-order valence-corrected chi connectivity index (χ4v) is 4.20. The lowest BCUT2D eigenvalue weighted by atomic mass is 10.1. The van der Waals surface area contributed by atoms with Gasteiger partial charge in [0.25, 0.3) is 15.7 Å². The number of nitro benzene ring substituents is 1. The minimum Gasteiger partial charge on any atom is -0.423 e. The van der Waals surface area contributed by atoms with Gasteiger partial charge in [-0.3, -0.25) is 14.8 Å². The van der Waals surface area contributed by atoms with Crippen molar-refractivity contribution in [1.29, 1.82) is 5.26 Å². The number of hydrogen-bond acceptors (Lipinski definition) is 8. The molecule has 4 rings (SSSR count). The molecule has 0 aliphatic rings. The van der Waals surface area contributed by atoms with Crippen LogP contribution in [0.15, 0.2) is 86.9 Å². The van der Waals surface area contributed by atoms with Gasteiger partial charge in [-0.05, 0) is 48.5 Å². The van der Waals surface area contributed by atoms with Gasteiger partial charge >= 0.3 is 5.63 Å². The lowest BCUT2D eigenvalue weighted by Crippen LogP contribution is -2.13. The molecular weight excluding hydrogens is 448 g/mol. The van der Waals surface area contributed by atoms with Gasteiger partial charge in [0.15, 0.2) is 0 Å². The molecule has 0 saturated carbocycles. The van der Waals surface area contributed by atoms with Crippen molar-refractivity contribution in [2.45, 2.75) is 4.90 Å². The first-order valence-corrected chi connectivity index (χ1v) is 10.9. The van der Waals surface area contributed by atoms with Crippen LogP contribution >= 0.6 is 0 Å². The molecule has 0 saturated heterocycles. The van der Waals surface area contributed by atoms with Crippen LogP contribution in [0, 0.1) is 21.4 Å². The molecule has 0 spiro atoms. The first kappa shape index (κ1) is 21.5. The van der Waals surface area contributed by atoms with E-state index in [0.29, 0.717) is 16.8 Å². The van der Waals surface area contributed by atoms with Gasteiger partial charge in [-0.1, -0.05) is 6.07 Å². The van der Waals surface area contributed by atoms with Gasteiger partial charge in [0.2, 0.25) is 0 Å². The zero-order chi connectivity index (χ0) is 23.6. The summed E-state index contributed by atoms with van der Waals surface area (Å²) in [5, 5.41) is 23.4. The van der Waals surface area contributed by atoms with E-state index in [0.717, 1.165) is 0 Å². The van der Waals surface area contributed by atoms with Crippen LogP contribution in [0.4, 0.5) is 22.7 Å². The number of fused-ring (bicyclic) bond motifs is 1. The van der Waals surface area contributed by atoms with E-state index in [9.17, 15) is 23.3 Å². The van der Waals surface area contributed by atoms with E-state index in [4.69, 9.17) is 9.68 Å². The van der Waals surface area contributed by atoms with Crippen LogP contribution in [-0.2, 0) is 10.0 Å². The zero-order valence-corrected chi connectivity index (χ0v) is 17.5. The minimum atomic E-state index is -3.90. The monoisotopic (exact) mass is 462 g/mol. The molecule has 1 aromatic heterocycles. The fourth-order valence-electron chi connectivity index (χ4n) is 3.09. The Hall–Kier alpha value is -4.69. The standard InChI is InChI=1S/C22H14N4O6S/c23-13-14-2-1-3-18(10-14)33(30,31)25-16-6-4-15(5-7-16)24-20-12-22(27)32-21-9-8-17(26(28)29)11-19(20)21/h1-12,24-25H. The molecule has 3 aromatic carbocycles. The van der Waals surface area contributed by atoms with Crippen molar-refractivity contribution >= 4 is 43.7 Å². The van der Waals surface area contributed by atoms with Crippen LogP contribution in [-0.4, -0.2) is 13.3 Å². The summed E-state index contributed by atoms with van der Waals surface area (Å²) in [6.07, 6.45) is 0. The van der Waals surface area contributed by atoms with Crippen molar-refractivity contribution in [1.82, 2.24) is 0 Å². The summed E-state index contributed by atoms with van der Waals surface area (Å²) in [6.45, 7) is 0. The summed E-state index contributed by atoms with van der Waals surface area (Å²) in [7, 11) is -3.90. The van der Waals surface area contributed by atoms with Crippen LogP contribution < -0.4 is 15.7 Å². The highest BCUT2D eigenvalue weighted by atomic mass is 32.2. The third kappa shape index (κ3) is 4.65. The number of non-ortho nitro benzene ring substituents is 1. The number of sulfonamides is 1. The molecule has 164 valence electrons. The maximum absolute atomic E-state index is 12.6. The Labute approximate surface area is 186 Å². The Morgan fingerprint density at radius 3 is 2.39 bits per heavy atom.